The average molecular weight is 435 g/mol. The maximum atomic E-state index is 13.4. The maximum absolute atomic E-state index is 13.4. The summed E-state index contributed by atoms with van der Waals surface area (Å²) in [5, 5.41) is 6.02. The minimum Gasteiger partial charge on any atom is -0.352 e. The molecule has 0 aliphatic carbocycles. The molecular formula is C14H17Cl3F3N5O. The Bertz CT molecular complexity index is 737. The highest BCUT2D eigenvalue weighted by molar-refractivity contribution is 6.32. The molecule has 6 nitrogen and oxygen atoms in total. The van der Waals surface area contributed by atoms with Crippen molar-refractivity contribution in [2.45, 2.75) is 25.6 Å². The topological polar surface area (TPSA) is 85.8 Å². The molecule has 1 amide bonds. The van der Waals surface area contributed by atoms with E-state index in [1.807, 2.05) is 0 Å². The van der Waals surface area contributed by atoms with Gasteiger partial charge in [-0.2, -0.15) is 18.3 Å². The monoisotopic (exact) mass is 433 g/mol. The molecule has 0 spiro atoms. The molecule has 2 aromatic rings. The molecule has 0 aliphatic rings. The molecule has 12 heteroatoms. The molecule has 0 saturated heterocycles. The van der Waals surface area contributed by atoms with Crippen molar-refractivity contribution in [2.75, 3.05) is 6.54 Å². The van der Waals surface area contributed by atoms with Crippen LogP contribution in [0.5, 0.6) is 0 Å². The number of hydrogen-bond donors (Lipinski definition) is 2. The zero-order chi connectivity index (χ0) is 17.9. The van der Waals surface area contributed by atoms with Gasteiger partial charge in [0.25, 0.3) is 5.91 Å². The zero-order valence-electron chi connectivity index (χ0n) is 13.5. The van der Waals surface area contributed by atoms with Crippen molar-refractivity contribution < 1.29 is 18.0 Å². The molecular weight excluding hydrogens is 418 g/mol. The molecule has 1 unspecified atom stereocenters. The Hall–Kier alpha value is -1.55. The predicted octanol–water partition coefficient (Wildman–Crippen LogP) is 3.25. The van der Waals surface area contributed by atoms with Crippen LogP contribution in [0.2, 0.25) is 5.02 Å². The smallest absolute Gasteiger partial charge is 0.352 e. The summed E-state index contributed by atoms with van der Waals surface area (Å²) in [5.74, 6) is -1.09. The fraction of sp³-hybridized carbons (Fsp3) is 0.357. The van der Waals surface area contributed by atoms with Crippen molar-refractivity contribution in [1.82, 2.24) is 20.1 Å². The zero-order valence-corrected chi connectivity index (χ0v) is 15.8. The molecule has 146 valence electrons. The van der Waals surface area contributed by atoms with Gasteiger partial charge in [0.2, 0.25) is 0 Å². The van der Waals surface area contributed by atoms with E-state index in [2.05, 4.69) is 15.4 Å². The number of rotatable bonds is 5. The van der Waals surface area contributed by atoms with Crippen LogP contribution in [-0.4, -0.2) is 33.3 Å². The Morgan fingerprint density at radius 3 is 2.62 bits per heavy atom. The van der Waals surface area contributed by atoms with Crippen LogP contribution in [0.3, 0.4) is 0 Å². The number of carbonyl (C=O) groups excluding carboxylic acids is 1. The average Bonchev–Trinajstić information content (AvgIpc) is 2.92. The van der Waals surface area contributed by atoms with Crippen molar-refractivity contribution >= 4 is 42.3 Å². The summed E-state index contributed by atoms with van der Waals surface area (Å²) in [5.41, 5.74) is 3.70. The lowest BCUT2D eigenvalue weighted by molar-refractivity contribution is -0.143. The molecule has 3 N–H and O–H groups in total. The molecule has 0 bridgehead atoms. The van der Waals surface area contributed by atoms with Gasteiger partial charge in [0.05, 0.1) is 16.8 Å². The van der Waals surface area contributed by atoms with E-state index in [0.717, 1.165) is 6.20 Å². The maximum Gasteiger partial charge on any atom is 0.434 e. The largest absolute Gasteiger partial charge is 0.434 e. The van der Waals surface area contributed by atoms with Gasteiger partial charge >= 0.3 is 6.18 Å². The Kier molecular flexibility index (Phi) is 9.36. The summed E-state index contributed by atoms with van der Waals surface area (Å²) < 4.78 is 40.8. The number of carbonyl (C=O) groups is 1. The van der Waals surface area contributed by atoms with Gasteiger partial charge in [-0.25, -0.2) is 9.67 Å². The quantitative estimate of drug-likeness (QED) is 0.756. The Balaban J connectivity index is 0.00000312. The lowest BCUT2D eigenvalue weighted by atomic mass is 10.2. The Morgan fingerprint density at radius 2 is 2.08 bits per heavy atom. The third-order valence-corrected chi connectivity index (χ3v) is 3.40. The number of hydrogen-bond acceptors (Lipinski definition) is 4. The number of nitrogens with two attached hydrogens (primary N) is 1. The number of nitrogens with one attached hydrogen (secondary N) is 1. The van der Waals surface area contributed by atoms with E-state index in [1.54, 1.807) is 6.92 Å². The van der Waals surface area contributed by atoms with Gasteiger partial charge in [0, 0.05) is 18.8 Å². The van der Waals surface area contributed by atoms with Crippen LogP contribution in [-0.2, 0) is 6.18 Å². The number of halogens is 6. The first kappa shape index (κ1) is 24.5. The number of nitrogens with zero attached hydrogens (tertiary/aromatic N) is 3. The molecule has 0 radical (unpaired) electrons. The van der Waals surface area contributed by atoms with Crippen molar-refractivity contribution in [3.8, 4) is 5.82 Å². The van der Waals surface area contributed by atoms with Gasteiger partial charge in [-0.15, -0.1) is 24.8 Å². The highest BCUT2D eigenvalue weighted by Crippen LogP contribution is 2.34. The molecule has 1 atom stereocenters. The fourth-order valence-corrected chi connectivity index (χ4v) is 2.19. The van der Waals surface area contributed by atoms with Gasteiger partial charge in [-0.05, 0) is 25.5 Å². The summed E-state index contributed by atoms with van der Waals surface area (Å²) in [7, 11) is 0. The summed E-state index contributed by atoms with van der Waals surface area (Å²) in [6.45, 7) is 1.89. The van der Waals surface area contributed by atoms with Gasteiger partial charge < -0.3 is 11.1 Å². The van der Waals surface area contributed by atoms with E-state index in [4.69, 9.17) is 17.3 Å². The van der Waals surface area contributed by atoms with Crippen LogP contribution >= 0.6 is 36.4 Å². The molecule has 2 rings (SSSR count). The molecule has 2 heterocycles. The second kappa shape index (κ2) is 9.96. The first-order valence-electron chi connectivity index (χ1n) is 7.01. The van der Waals surface area contributed by atoms with E-state index in [9.17, 15) is 18.0 Å². The highest BCUT2D eigenvalue weighted by Gasteiger charge is 2.41. The third kappa shape index (κ3) is 5.73. The molecule has 0 saturated carbocycles. The molecule has 0 fully saturated rings. The van der Waals surface area contributed by atoms with E-state index >= 15 is 0 Å². The SMILES string of the molecule is CC(N)CCNC(=O)c1cnn(-c2ncccc2Cl)c1C(F)(F)F.Cl.Cl. The molecule has 0 aliphatic heterocycles. The lowest BCUT2D eigenvalue weighted by Crippen LogP contribution is -2.30. The van der Waals surface area contributed by atoms with Crippen LogP contribution in [0.15, 0.2) is 24.5 Å². The fourth-order valence-electron chi connectivity index (χ4n) is 1.99. The van der Waals surface area contributed by atoms with Gasteiger partial charge in [-0.3, -0.25) is 4.79 Å². The van der Waals surface area contributed by atoms with Crippen molar-refractivity contribution in [1.29, 1.82) is 0 Å². The van der Waals surface area contributed by atoms with Gasteiger partial charge in [0.1, 0.15) is 0 Å². The molecule has 2 aromatic heterocycles. The van der Waals surface area contributed by atoms with Crippen LogP contribution < -0.4 is 11.1 Å². The normalized spacial score (nSPS) is 11.9. The van der Waals surface area contributed by atoms with E-state index in [-0.39, 0.29) is 48.2 Å². The minimum absolute atomic E-state index is 0. The standard InChI is InChI=1S/C14H15ClF3N5O.2ClH/c1-8(19)4-6-21-13(24)9-7-22-23(11(9)14(16,17)18)12-10(15)3-2-5-20-12;;/h2-3,5,7-8H,4,6,19H2,1H3,(H,21,24);2*1H. The lowest BCUT2D eigenvalue weighted by Gasteiger charge is -2.13. The second-order valence-corrected chi connectivity index (χ2v) is 5.55. The number of aromatic nitrogens is 3. The Morgan fingerprint density at radius 1 is 1.42 bits per heavy atom. The highest BCUT2D eigenvalue weighted by atomic mass is 35.5. The number of amides is 1. The number of alkyl halides is 3. The first-order valence-corrected chi connectivity index (χ1v) is 7.39. The van der Waals surface area contributed by atoms with E-state index in [0.29, 0.717) is 11.1 Å². The molecule has 26 heavy (non-hydrogen) atoms. The first-order chi connectivity index (χ1) is 11.2. The third-order valence-electron chi connectivity index (χ3n) is 3.11. The number of pyridine rings is 1. The second-order valence-electron chi connectivity index (χ2n) is 5.15. The predicted molar refractivity (Wildman–Crippen MR) is 96.5 cm³/mol. The van der Waals surface area contributed by atoms with Crippen molar-refractivity contribution in [3.63, 3.8) is 0 Å². The van der Waals surface area contributed by atoms with E-state index in [1.165, 1.54) is 18.3 Å². The summed E-state index contributed by atoms with van der Waals surface area (Å²) >= 11 is 5.88. The Labute approximate surface area is 165 Å². The van der Waals surface area contributed by atoms with Crippen LogP contribution in [0.4, 0.5) is 13.2 Å². The van der Waals surface area contributed by atoms with Crippen LogP contribution in [0.1, 0.15) is 29.4 Å². The minimum atomic E-state index is -4.81. The summed E-state index contributed by atoms with van der Waals surface area (Å²) in [6.07, 6.45) is -2.25. The van der Waals surface area contributed by atoms with Crippen molar-refractivity contribution in [2.24, 2.45) is 5.73 Å². The summed E-state index contributed by atoms with van der Waals surface area (Å²) in [6, 6.07) is 2.68. The molecule has 0 aromatic carbocycles. The van der Waals surface area contributed by atoms with E-state index < -0.39 is 23.3 Å². The van der Waals surface area contributed by atoms with Crippen LogP contribution in [0.25, 0.3) is 5.82 Å². The summed E-state index contributed by atoms with van der Waals surface area (Å²) in [4.78, 5) is 15.9. The van der Waals surface area contributed by atoms with Gasteiger partial charge in [-0.1, -0.05) is 11.6 Å². The van der Waals surface area contributed by atoms with Gasteiger partial charge in [0.15, 0.2) is 11.5 Å². The van der Waals surface area contributed by atoms with Crippen LogP contribution in [0, 0.1) is 0 Å². The van der Waals surface area contributed by atoms with Crippen molar-refractivity contribution in [3.05, 3.63) is 40.8 Å².